The van der Waals surface area contributed by atoms with Crippen LogP contribution in [0.2, 0.25) is 0 Å². The van der Waals surface area contributed by atoms with Gasteiger partial charge in [0.25, 0.3) is 5.69 Å². The Morgan fingerprint density at radius 3 is 2.92 bits per heavy atom. The van der Waals surface area contributed by atoms with Crippen LogP contribution in [0.3, 0.4) is 0 Å². The Labute approximate surface area is 137 Å². The molecule has 122 valence electrons. The molecular weight excluding hydrogens is 312 g/mol. The average Bonchev–Trinajstić information content (AvgIpc) is 3.10. The van der Waals surface area contributed by atoms with E-state index in [9.17, 15) is 14.9 Å². The highest BCUT2D eigenvalue weighted by atomic mass is 16.6. The third kappa shape index (κ3) is 4.71. The first-order chi connectivity index (χ1) is 11.6. The van der Waals surface area contributed by atoms with Gasteiger partial charge in [0, 0.05) is 12.1 Å². The summed E-state index contributed by atoms with van der Waals surface area (Å²) in [5.41, 5.74) is 0.576. The summed E-state index contributed by atoms with van der Waals surface area (Å²) in [6.45, 7) is 0.127. The Morgan fingerprint density at radius 2 is 2.25 bits per heavy atom. The van der Waals surface area contributed by atoms with Crippen LogP contribution in [0.15, 0.2) is 47.1 Å². The fourth-order valence-corrected chi connectivity index (χ4v) is 1.92. The van der Waals surface area contributed by atoms with Crippen LogP contribution in [0.4, 0.5) is 11.4 Å². The first-order valence-corrected chi connectivity index (χ1v) is 6.97. The van der Waals surface area contributed by atoms with Crippen molar-refractivity contribution in [2.24, 2.45) is 0 Å². The maximum absolute atomic E-state index is 11.8. The number of benzene rings is 1. The topological polar surface area (TPSA) is 121 Å². The molecular formula is C16H14N4O4. The number of rotatable bonds is 7. The van der Waals surface area contributed by atoms with Gasteiger partial charge in [-0.05, 0) is 29.8 Å². The Bertz CT molecular complexity index is 791. The van der Waals surface area contributed by atoms with Gasteiger partial charge in [0.1, 0.15) is 11.4 Å². The molecule has 0 saturated carbocycles. The van der Waals surface area contributed by atoms with Crippen LogP contribution in [0.25, 0.3) is 6.08 Å². The summed E-state index contributed by atoms with van der Waals surface area (Å²) < 4.78 is 5.09. The van der Waals surface area contributed by atoms with Crippen molar-refractivity contribution >= 4 is 23.4 Å². The van der Waals surface area contributed by atoms with Gasteiger partial charge >= 0.3 is 0 Å². The van der Waals surface area contributed by atoms with E-state index in [-0.39, 0.29) is 30.4 Å². The average molecular weight is 326 g/mol. The number of carbonyl (C=O) groups excluding carboxylic acids is 1. The number of nitrogens with one attached hydrogen (secondary N) is 2. The molecule has 0 aliphatic heterocycles. The lowest BCUT2D eigenvalue weighted by Crippen LogP contribution is -2.29. The fraction of sp³-hybridized carbons (Fsp3) is 0.125. The number of hydrogen-bond donors (Lipinski definition) is 2. The van der Waals surface area contributed by atoms with Crippen molar-refractivity contribution in [2.45, 2.75) is 6.54 Å². The lowest BCUT2D eigenvalue weighted by atomic mass is 10.1. The quantitative estimate of drug-likeness (QED) is 0.458. The first-order valence-electron chi connectivity index (χ1n) is 6.97. The number of nitriles is 1. The molecule has 0 fully saturated rings. The smallest absolute Gasteiger partial charge is 0.292 e. The van der Waals surface area contributed by atoms with Crippen LogP contribution in [0, 0.1) is 21.4 Å². The predicted octanol–water partition coefficient (Wildman–Crippen LogP) is 2.45. The van der Waals surface area contributed by atoms with Crippen molar-refractivity contribution in [1.29, 1.82) is 5.26 Å². The minimum Gasteiger partial charge on any atom is -0.467 e. The highest BCUT2D eigenvalue weighted by Gasteiger charge is 2.14. The zero-order chi connectivity index (χ0) is 17.4. The minimum absolute atomic E-state index is 0.116. The Morgan fingerprint density at radius 1 is 1.42 bits per heavy atom. The SMILES string of the molecule is N#C/C=C/c1ccc(NCC(=O)NCc2ccco2)c([N+](=O)[O-])c1. The molecule has 1 heterocycles. The lowest BCUT2D eigenvalue weighted by Gasteiger charge is -2.08. The number of furan rings is 1. The van der Waals surface area contributed by atoms with E-state index >= 15 is 0 Å². The minimum atomic E-state index is -0.549. The number of nitro groups is 1. The highest BCUT2D eigenvalue weighted by molar-refractivity contribution is 5.82. The molecule has 1 amide bonds. The molecule has 0 atom stereocenters. The second kappa shape index (κ2) is 8.14. The summed E-state index contributed by atoms with van der Waals surface area (Å²) in [6, 6.07) is 9.70. The summed E-state index contributed by atoms with van der Waals surface area (Å²) in [4.78, 5) is 22.4. The number of anilines is 1. The Kier molecular flexibility index (Phi) is 5.69. The van der Waals surface area contributed by atoms with E-state index in [0.29, 0.717) is 11.3 Å². The van der Waals surface area contributed by atoms with E-state index in [1.165, 1.54) is 30.5 Å². The third-order valence-corrected chi connectivity index (χ3v) is 3.05. The van der Waals surface area contributed by atoms with E-state index in [1.807, 2.05) is 6.07 Å². The van der Waals surface area contributed by atoms with Crippen molar-refractivity contribution in [1.82, 2.24) is 5.32 Å². The van der Waals surface area contributed by atoms with Gasteiger partial charge in [0.2, 0.25) is 5.91 Å². The summed E-state index contributed by atoms with van der Waals surface area (Å²) >= 11 is 0. The van der Waals surface area contributed by atoms with Gasteiger partial charge in [-0.2, -0.15) is 5.26 Å². The maximum Gasteiger partial charge on any atom is 0.292 e. The van der Waals surface area contributed by atoms with Crippen molar-refractivity contribution in [3.63, 3.8) is 0 Å². The fourth-order valence-electron chi connectivity index (χ4n) is 1.92. The van der Waals surface area contributed by atoms with Gasteiger partial charge in [-0.15, -0.1) is 0 Å². The van der Waals surface area contributed by atoms with Crippen molar-refractivity contribution in [2.75, 3.05) is 11.9 Å². The van der Waals surface area contributed by atoms with Crippen molar-refractivity contribution < 1.29 is 14.1 Å². The van der Waals surface area contributed by atoms with E-state index in [2.05, 4.69) is 10.6 Å². The first kappa shape index (κ1) is 16.8. The number of allylic oxidation sites excluding steroid dienone is 1. The lowest BCUT2D eigenvalue weighted by molar-refractivity contribution is -0.384. The number of amides is 1. The van der Waals surface area contributed by atoms with Gasteiger partial charge < -0.3 is 15.1 Å². The molecule has 0 unspecified atom stereocenters. The van der Waals surface area contributed by atoms with E-state index in [1.54, 1.807) is 18.2 Å². The van der Waals surface area contributed by atoms with E-state index in [4.69, 9.17) is 9.68 Å². The number of hydrogen-bond acceptors (Lipinski definition) is 6. The van der Waals surface area contributed by atoms with Crippen LogP contribution in [0.5, 0.6) is 0 Å². The highest BCUT2D eigenvalue weighted by Crippen LogP contribution is 2.25. The maximum atomic E-state index is 11.8. The molecule has 0 spiro atoms. The van der Waals surface area contributed by atoms with Gasteiger partial charge in [-0.25, -0.2) is 0 Å². The van der Waals surface area contributed by atoms with Gasteiger partial charge in [-0.1, -0.05) is 6.07 Å². The summed E-state index contributed by atoms with van der Waals surface area (Å²) in [5.74, 6) is 0.289. The molecule has 2 N–H and O–H groups in total. The summed E-state index contributed by atoms with van der Waals surface area (Å²) in [6.07, 6.45) is 4.20. The largest absolute Gasteiger partial charge is 0.467 e. The van der Waals surface area contributed by atoms with Crippen LogP contribution < -0.4 is 10.6 Å². The zero-order valence-electron chi connectivity index (χ0n) is 12.6. The standard InChI is InChI=1S/C16H14N4O4/c17-7-1-3-12-5-6-14(15(9-12)20(22)23)18-11-16(21)19-10-13-4-2-8-24-13/h1-6,8-9,18H,10-11H2,(H,19,21)/b3-1+. The van der Waals surface area contributed by atoms with Gasteiger partial charge in [0.05, 0.1) is 30.3 Å². The third-order valence-electron chi connectivity index (χ3n) is 3.05. The normalized spacial score (nSPS) is 10.3. The van der Waals surface area contributed by atoms with Crippen molar-refractivity contribution in [3.05, 3.63) is 64.1 Å². The van der Waals surface area contributed by atoms with Crippen LogP contribution in [0.1, 0.15) is 11.3 Å². The van der Waals surface area contributed by atoms with Crippen molar-refractivity contribution in [3.8, 4) is 6.07 Å². The summed E-state index contributed by atoms with van der Waals surface area (Å²) in [7, 11) is 0. The molecule has 0 aliphatic carbocycles. The molecule has 0 radical (unpaired) electrons. The second-order valence-electron chi connectivity index (χ2n) is 4.71. The Balaban J connectivity index is 1.98. The molecule has 0 saturated heterocycles. The Hall–Kier alpha value is -3.60. The number of nitrogens with zero attached hydrogens (tertiary/aromatic N) is 2. The molecule has 1 aromatic heterocycles. The molecule has 2 rings (SSSR count). The molecule has 8 nitrogen and oxygen atoms in total. The molecule has 24 heavy (non-hydrogen) atoms. The predicted molar refractivity (Wildman–Crippen MR) is 86.8 cm³/mol. The number of nitro benzene ring substituents is 1. The molecule has 2 aromatic rings. The molecule has 1 aromatic carbocycles. The van der Waals surface area contributed by atoms with Gasteiger partial charge in [0.15, 0.2) is 0 Å². The monoisotopic (exact) mass is 326 g/mol. The van der Waals surface area contributed by atoms with E-state index in [0.717, 1.165) is 0 Å². The van der Waals surface area contributed by atoms with Gasteiger partial charge in [-0.3, -0.25) is 14.9 Å². The molecule has 0 aliphatic rings. The second-order valence-corrected chi connectivity index (χ2v) is 4.71. The van der Waals surface area contributed by atoms with Crippen LogP contribution >= 0.6 is 0 Å². The molecule has 8 heteroatoms. The van der Waals surface area contributed by atoms with E-state index < -0.39 is 4.92 Å². The zero-order valence-corrected chi connectivity index (χ0v) is 12.6. The number of carbonyl (C=O) groups is 1. The van der Waals surface area contributed by atoms with Crippen LogP contribution in [-0.2, 0) is 11.3 Å². The molecule has 0 bridgehead atoms. The summed E-state index contributed by atoms with van der Waals surface area (Å²) in [5, 5.41) is 25.0. The van der Waals surface area contributed by atoms with Crippen LogP contribution in [-0.4, -0.2) is 17.4 Å².